The van der Waals surface area contributed by atoms with Crippen molar-refractivity contribution in [3.63, 3.8) is 0 Å². The second-order valence-electron chi connectivity index (χ2n) is 5.20. The number of hydrogen-bond acceptors (Lipinski definition) is 2. The van der Waals surface area contributed by atoms with Gasteiger partial charge < -0.3 is 4.98 Å². The summed E-state index contributed by atoms with van der Waals surface area (Å²) in [5, 5.41) is 0. The number of carbonyl (C=O) groups excluding carboxylic acids is 1. The van der Waals surface area contributed by atoms with E-state index in [9.17, 15) is 4.79 Å². The maximum absolute atomic E-state index is 10.6. The molecular formula is C13H18N2O. The van der Waals surface area contributed by atoms with E-state index in [4.69, 9.17) is 0 Å². The van der Waals surface area contributed by atoms with Crippen molar-refractivity contribution in [2.24, 2.45) is 11.8 Å². The summed E-state index contributed by atoms with van der Waals surface area (Å²) in [6.45, 7) is 3.47. The van der Waals surface area contributed by atoms with Gasteiger partial charge in [0.25, 0.3) is 0 Å². The number of H-pyrrole nitrogens is 1. The maximum atomic E-state index is 10.6. The maximum Gasteiger partial charge on any atom is 0.166 e. The number of nitrogens with one attached hydrogen (secondary N) is 1. The third-order valence-electron chi connectivity index (χ3n) is 4.09. The van der Waals surface area contributed by atoms with E-state index in [0.717, 1.165) is 24.7 Å². The lowest BCUT2D eigenvalue weighted by Gasteiger charge is -2.15. The van der Waals surface area contributed by atoms with Crippen LogP contribution >= 0.6 is 0 Å². The van der Waals surface area contributed by atoms with Crippen molar-refractivity contribution < 1.29 is 4.79 Å². The SMILES string of the molecule is O=Cc1ccc(CN2C[C@H]3CCC[C@H]3C2)[nH]1. The second kappa shape index (κ2) is 4.06. The molecule has 2 atom stereocenters. The molecule has 16 heavy (non-hydrogen) atoms. The summed E-state index contributed by atoms with van der Waals surface area (Å²) in [7, 11) is 0. The van der Waals surface area contributed by atoms with Gasteiger partial charge in [-0.2, -0.15) is 0 Å². The van der Waals surface area contributed by atoms with E-state index in [2.05, 4.69) is 9.88 Å². The Morgan fingerprint density at radius 1 is 1.31 bits per heavy atom. The Bertz CT molecular complexity index is 373. The minimum Gasteiger partial charge on any atom is -0.355 e. The van der Waals surface area contributed by atoms with Gasteiger partial charge in [0, 0.05) is 25.3 Å². The highest BCUT2D eigenvalue weighted by molar-refractivity contribution is 5.71. The molecule has 0 amide bonds. The van der Waals surface area contributed by atoms with Crippen LogP contribution in [0.3, 0.4) is 0 Å². The van der Waals surface area contributed by atoms with E-state index in [1.165, 1.54) is 38.0 Å². The Labute approximate surface area is 95.8 Å². The van der Waals surface area contributed by atoms with E-state index >= 15 is 0 Å². The molecule has 0 aromatic carbocycles. The summed E-state index contributed by atoms with van der Waals surface area (Å²) >= 11 is 0. The van der Waals surface area contributed by atoms with Crippen LogP contribution in [-0.2, 0) is 6.54 Å². The zero-order chi connectivity index (χ0) is 11.0. The van der Waals surface area contributed by atoms with Crippen molar-refractivity contribution in [3.8, 4) is 0 Å². The normalized spacial score (nSPS) is 29.5. The number of aromatic amines is 1. The summed E-state index contributed by atoms with van der Waals surface area (Å²) < 4.78 is 0. The molecular weight excluding hydrogens is 200 g/mol. The van der Waals surface area contributed by atoms with Crippen LogP contribution < -0.4 is 0 Å². The fraction of sp³-hybridized carbons (Fsp3) is 0.615. The van der Waals surface area contributed by atoms with Crippen LogP contribution in [0.5, 0.6) is 0 Å². The molecule has 1 saturated heterocycles. The summed E-state index contributed by atoms with van der Waals surface area (Å²) in [5.41, 5.74) is 1.86. The molecule has 2 heterocycles. The highest BCUT2D eigenvalue weighted by Gasteiger charge is 2.35. The number of fused-ring (bicyclic) bond motifs is 1. The molecule has 86 valence electrons. The molecule has 1 saturated carbocycles. The smallest absolute Gasteiger partial charge is 0.166 e. The lowest BCUT2D eigenvalue weighted by atomic mass is 10.0. The number of carbonyl (C=O) groups is 1. The van der Waals surface area contributed by atoms with Gasteiger partial charge in [0.05, 0.1) is 5.69 Å². The van der Waals surface area contributed by atoms with Crippen molar-refractivity contribution in [1.82, 2.24) is 9.88 Å². The minimum atomic E-state index is 0.689. The molecule has 3 heteroatoms. The first kappa shape index (κ1) is 10.1. The fourth-order valence-electron chi connectivity index (χ4n) is 3.32. The van der Waals surface area contributed by atoms with E-state index in [-0.39, 0.29) is 0 Å². The van der Waals surface area contributed by atoms with Crippen LogP contribution in [0.1, 0.15) is 35.4 Å². The van der Waals surface area contributed by atoms with Gasteiger partial charge in [0.1, 0.15) is 0 Å². The molecule has 0 radical (unpaired) electrons. The van der Waals surface area contributed by atoms with Crippen LogP contribution in [0.2, 0.25) is 0 Å². The van der Waals surface area contributed by atoms with Gasteiger partial charge >= 0.3 is 0 Å². The van der Waals surface area contributed by atoms with E-state index in [0.29, 0.717) is 5.69 Å². The first-order chi connectivity index (χ1) is 7.85. The molecule has 0 bridgehead atoms. The third kappa shape index (κ3) is 1.80. The summed E-state index contributed by atoms with van der Waals surface area (Å²) in [6, 6.07) is 3.89. The highest BCUT2D eigenvalue weighted by Crippen LogP contribution is 2.38. The average Bonchev–Trinajstić information content (AvgIpc) is 2.92. The predicted molar refractivity (Wildman–Crippen MR) is 62.3 cm³/mol. The largest absolute Gasteiger partial charge is 0.355 e. The molecule has 2 aliphatic rings. The van der Waals surface area contributed by atoms with Crippen LogP contribution in [0.25, 0.3) is 0 Å². The van der Waals surface area contributed by atoms with Crippen molar-refractivity contribution in [3.05, 3.63) is 23.5 Å². The monoisotopic (exact) mass is 218 g/mol. The molecule has 0 spiro atoms. The Kier molecular flexibility index (Phi) is 2.56. The number of aldehydes is 1. The van der Waals surface area contributed by atoms with Crippen LogP contribution in [-0.4, -0.2) is 29.3 Å². The third-order valence-corrected chi connectivity index (χ3v) is 4.09. The quantitative estimate of drug-likeness (QED) is 0.788. The second-order valence-corrected chi connectivity index (χ2v) is 5.20. The number of hydrogen-bond donors (Lipinski definition) is 1. The Balaban J connectivity index is 1.61. The zero-order valence-electron chi connectivity index (χ0n) is 9.48. The van der Waals surface area contributed by atoms with E-state index in [1.807, 2.05) is 12.1 Å². The number of likely N-dealkylation sites (tertiary alicyclic amines) is 1. The molecule has 1 N–H and O–H groups in total. The van der Waals surface area contributed by atoms with Gasteiger partial charge in [-0.3, -0.25) is 9.69 Å². The topological polar surface area (TPSA) is 36.1 Å². The van der Waals surface area contributed by atoms with E-state index in [1.54, 1.807) is 0 Å². The van der Waals surface area contributed by atoms with Crippen LogP contribution in [0.4, 0.5) is 0 Å². The molecule has 1 aromatic rings. The average molecular weight is 218 g/mol. The lowest BCUT2D eigenvalue weighted by Crippen LogP contribution is -2.21. The fourth-order valence-corrected chi connectivity index (χ4v) is 3.32. The lowest BCUT2D eigenvalue weighted by molar-refractivity contribution is 0.111. The number of aromatic nitrogens is 1. The first-order valence-electron chi connectivity index (χ1n) is 6.20. The summed E-state index contributed by atoms with van der Waals surface area (Å²) in [6.07, 6.45) is 5.15. The number of nitrogens with zero attached hydrogens (tertiary/aromatic N) is 1. The van der Waals surface area contributed by atoms with Crippen molar-refractivity contribution >= 4 is 6.29 Å². The van der Waals surface area contributed by atoms with Crippen molar-refractivity contribution in [1.29, 1.82) is 0 Å². The van der Waals surface area contributed by atoms with Gasteiger partial charge in [0.15, 0.2) is 6.29 Å². The molecule has 0 unspecified atom stereocenters. The van der Waals surface area contributed by atoms with Crippen LogP contribution in [0.15, 0.2) is 12.1 Å². The standard InChI is InChI=1S/C13H18N2O/c16-9-13-5-4-12(14-13)8-15-6-10-2-1-3-11(10)7-15/h4-5,9-11,14H,1-3,6-8H2/t10-,11+. The molecule has 1 aromatic heterocycles. The number of rotatable bonds is 3. The summed E-state index contributed by atoms with van der Waals surface area (Å²) in [4.78, 5) is 16.2. The van der Waals surface area contributed by atoms with Crippen molar-refractivity contribution in [2.75, 3.05) is 13.1 Å². The Morgan fingerprint density at radius 3 is 2.69 bits per heavy atom. The minimum absolute atomic E-state index is 0.689. The van der Waals surface area contributed by atoms with Gasteiger partial charge in [0.2, 0.25) is 0 Å². The van der Waals surface area contributed by atoms with Gasteiger partial charge in [-0.1, -0.05) is 6.42 Å². The van der Waals surface area contributed by atoms with Crippen LogP contribution in [0, 0.1) is 11.8 Å². The van der Waals surface area contributed by atoms with Crippen molar-refractivity contribution in [2.45, 2.75) is 25.8 Å². The molecule has 3 nitrogen and oxygen atoms in total. The Hall–Kier alpha value is -1.09. The molecule has 2 fully saturated rings. The highest BCUT2D eigenvalue weighted by atomic mass is 16.1. The Morgan fingerprint density at radius 2 is 2.06 bits per heavy atom. The van der Waals surface area contributed by atoms with E-state index < -0.39 is 0 Å². The summed E-state index contributed by atoms with van der Waals surface area (Å²) in [5.74, 6) is 1.89. The zero-order valence-corrected chi connectivity index (χ0v) is 9.48. The first-order valence-corrected chi connectivity index (χ1v) is 6.20. The molecule has 1 aliphatic heterocycles. The van der Waals surface area contributed by atoms with Gasteiger partial charge in [-0.15, -0.1) is 0 Å². The predicted octanol–water partition coefficient (Wildman–Crippen LogP) is 2.06. The molecule has 3 rings (SSSR count). The van der Waals surface area contributed by atoms with Gasteiger partial charge in [-0.05, 0) is 36.8 Å². The molecule has 1 aliphatic carbocycles. The van der Waals surface area contributed by atoms with Gasteiger partial charge in [-0.25, -0.2) is 0 Å².